The number of amides is 1. The van der Waals surface area contributed by atoms with Gasteiger partial charge in [-0.1, -0.05) is 11.6 Å². The van der Waals surface area contributed by atoms with Crippen LogP contribution in [-0.4, -0.2) is 33.3 Å². The molecular formula is C21H24ClNO5. The number of carbonyl (C=O) groups excluding carboxylic acids is 1. The first-order valence-corrected chi connectivity index (χ1v) is 9.00. The van der Waals surface area contributed by atoms with Crippen molar-refractivity contribution in [1.29, 1.82) is 0 Å². The van der Waals surface area contributed by atoms with Crippen molar-refractivity contribution in [2.75, 3.05) is 26.6 Å². The summed E-state index contributed by atoms with van der Waals surface area (Å²) in [5.41, 5.74) is 1.26. The van der Waals surface area contributed by atoms with Crippen LogP contribution in [-0.2, 0) is 4.79 Å². The summed E-state index contributed by atoms with van der Waals surface area (Å²) in [5, 5.41) is 3.18. The number of benzene rings is 2. The summed E-state index contributed by atoms with van der Waals surface area (Å²) in [7, 11) is 4.63. The van der Waals surface area contributed by atoms with Gasteiger partial charge in [0.2, 0.25) is 5.91 Å². The molecular weight excluding hydrogens is 382 g/mol. The molecule has 2 aromatic rings. The zero-order chi connectivity index (χ0) is 20.7. The van der Waals surface area contributed by atoms with Crippen LogP contribution >= 0.6 is 11.6 Å². The summed E-state index contributed by atoms with van der Waals surface area (Å²) in [4.78, 5) is 12.3. The van der Waals surface area contributed by atoms with Crippen molar-refractivity contribution in [3.63, 3.8) is 0 Å². The highest BCUT2D eigenvalue weighted by molar-refractivity contribution is 6.32. The van der Waals surface area contributed by atoms with Crippen LogP contribution in [0.5, 0.6) is 23.0 Å². The van der Waals surface area contributed by atoms with Gasteiger partial charge in [0.05, 0.1) is 32.5 Å². The van der Waals surface area contributed by atoms with Gasteiger partial charge >= 0.3 is 0 Å². The summed E-state index contributed by atoms with van der Waals surface area (Å²) in [6, 6.07) is 8.58. The van der Waals surface area contributed by atoms with Gasteiger partial charge in [-0.25, -0.2) is 0 Å². The van der Waals surface area contributed by atoms with Gasteiger partial charge < -0.3 is 24.3 Å². The highest BCUT2D eigenvalue weighted by Gasteiger charge is 2.13. The molecule has 0 saturated carbocycles. The van der Waals surface area contributed by atoms with E-state index in [1.165, 1.54) is 13.2 Å². The highest BCUT2D eigenvalue weighted by Crippen LogP contribution is 2.37. The largest absolute Gasteiger partial charge is 0.497 e. The molecule has 0 bridgehead atoms. The van der Waals surface area contributed by atoms with Crippen LogP contribution in [0.15, 0.2) is 36.4 Å². The molecule has 0 aliphatic carbocycles. The van der Waals surface area contributed by atoms with Crippen molar-refractivity contribution in [3.05, 3.63) is 47.0 Å². The number of carbonyl (C=O) groups is 1. The Morgan fingerprint density at radius 1 is 1.00 bits per heavy atom. The normalized spacial score (nSPS) is 10.8. The maximum Gasteiger partial charge on any atom is 0.248 e. The van der Waals surface area contributed by atoms with E-state index < -0.39 is 0 Å². The molecule has 0 aliphatic rings. The molecule has 0 saturated heterocycles. The minimum atomic E-state index is -0.312. The molecule has 0 unspecified atom stereocenters. The second kappa shape index (κ2) is 9.90. The number of rotatable bonds is 8. The lowest BCUT2D eigenvalue weighted by atomic mass is 10.1. The molecule has 0 heterocycles. The lowest BCUT2D eigenvalue weighted by molar-refractivity contribution is -0.111. The summed E-state index contributed by atoms with van der Waals surface area (Å²) in [5.74, 6) is 1.82. The fourth-order valence-electron chi connectivity index (χ4n) is 2.42. The van der Waals surface area contributed by atoms with E-state index in [0.29, 0.717) is 39.3 Å². The summed E-state index contributed by atoms with van der Waals surface area (Å²) < 4.78 is 21.4. The molecule has 0 aliphatic heterocycles. The molecule has 7 heteroatoms. The molecule has 0 spiro atoms. The Hall–Kier alpha value is -2.86. The molecule has 1 amide bonds. The monoisotopic (exact) mass is 405 g/mol. The molecule has 2 aromatic carbocycles. The highest BCUT2D eigenvalue weighted by atomic mass is 35.5. The fraction of sp³-hybridized carbons (Fsp3) is 0.286. The maximum absolute atomic E-state index is 12.3. The second-order valence-corrected chi connectivity index (χ2v) is 6.53. The van der Waals surface area contributed by atoms with E-state index >= 15 is 0 Å². The van der Waals surface area contributed by atoms with Crippen LogP contribution in [0.25, 0.3) is 6.08 Å². The Kier molecular flexibility index (Phi) is 7.58. The average molecular weight is 406 g/mol. The van der Waals surface area contributed by atoms with Gasteiger partial charge in [-0.3, -0.25) is 4.79 Å². The standard InChI is InChI=1S/C21H24ClNO5/c1-13(2)28-21-18(22)8-14(9-19(21)27-5)6-7-20(24)23-15-10-16(25-3)12-17(11-15)26-4/h6-13H,1-5H3,(H,23,24)/b7-6+. The maximum atomic E-state index is 12.3. The van der Waals surface area contributed by atoms with Crippen molar-refractivity contribution in [3.8, 4) is 23.0 Å². The van der Waals surface area contributed by atoms with E-state index in [1.54, 1.807) is 50.6 Å². The van der Waals surface area contributed by atoms with Crippen molar-refractivity contribution >= 4 is 29.3 Å². The SMILES string of the molecule is COc1cc(NC(=O)/C=C/c2cc(Cl)c(OC(C)C)c(OC)c2)cc(OC)c1. The molecule has 0 fully saturated rings. The smallest absolute Gasteiger partial charge is 0.248 e. The third-order valence-electron chi connectivity index (χ3n) is 3.65. The van der Waals surface area contributed by atoms with Crippen molar-refractivity contribution in [2.24, 2.45) is 0 Å². The van der Waals surface area contributed by atoms with Gasteiger partial charge in [-0.05, 0) is 37.6 Å². The molecule has 0 aromatic heterocycles. The molecule has 2 rings (SSSR count). The van der Waals surface area contributed by atoms with Gasteiger partial charge in [0.15, 0.2) is 11.5 Å². The van der Waals surface area contributed by atoms with E-state index in [9.17, 15) is 4.79 Å². The van der Waals surface area contributed by atoms with Gasteiger partial charge in [0.25, 0.3) is 0 Å². The second-order valence-electron chi connectivity index (χ2n) is 6.12. The van der Waals surface area contributed by atoms with Crippen LogP contribution in [0.3, 0.4) is 0 Å². The predicted molar refractivity (Wildman–Crippen MR) is 111 cm³/mol. The lowest BCUT2D eigenvalue weighted by Crippen LogP contribution is -2.08. The van der Waals surface area contributed by atoms with Crippen molar-refractivity contribution < 1.29 is 23.7 Å². The number of hydrogen-bond donors (Lipinski definition) is 1. The van der Waals surface area contributed by atoms with Crippen LogP contribution in [0, 0.1) is 0 Å². The Morgan fingerprint density at radius 2 is 1.64 bits per heavy atom. The number of nitrogens with one attached hydrogen (secondary N) is 1. The zero-order valence-electron chi connectivity index (χ0n) is 16.5. The van der Waals surface area contributed by atoms with Crippen molar-refractivity contribution in [2.45, 2.75) is 20.0 Å². The van der Waals surface area contributed by atoms with Crippen LogP contribution in [0.4, 0.5) is 5.69 Å². The Labute approximate surface area is 170 Å². The Balaban J connectivity index is 2.17. The first kappa shape index (κ1) is 21.4. The number of ether oxygens (including phenoxy) is 4. The predicted octanol–water partition coefficient (Wildman–Crippen LogP) is 4.80. The van der Waals surface area contributed by atoms with Gasteiger partial charge in [-0.2, -0.15) is 0 Å². The summed E-state index contributed by atoms with van der Waals surface area (Å²) in [6.45, 7) is 3.81. The van der Waals surface area contributed by atoms with Gasteiger partial charge in [0.1, 0.15) is 11.5 Å². The number of hydrogen-bond acceptors (Lipinski definition) is 5. The number of halogens is 1. The molecule has 1 N–H and O–H groups in total. The first-order chi connectivity index (χ1) is 13.4. The average Bonchev–Trinajstić information content (AvgIpc) is 2.67. The van der Waals surface area contributed by atoms with E-state index in [4.69, 9.17) is 30.5 Å². The quantitative estimate of drug-likeness (QED) is 0.639. The minimum absolute atomic E-state index is 0.0431. The van der Waals surface area contributed by atoms with E-state index in [0.717, 1.165) is 0 Å². The fourth-order valence-corrected chi connectivity index (χ4v) is 2.69. The van der Waals surface area contributed by atoms with Crippen molar-refractivity contribution in [1.82, 2.24) is 0 Å². The minimum Gasteiger partial charge on any atom is -0.497 e. The van der Waals surface area contributed by atoms with E-state index in [-0.39, 0.29) is 12.0 Å². The van der Waals surface area contributed by atoms with Gasteiger partial charge in [0, 0.05) is 30.0 Å². The third-order valence-corrected chi connectivity index (χ3v) is 3.93. The summed E-state index contributed by atoms with van der Waals surface area (Å²) in [6.07, 6.45) is 3.00. The first-order valence-electron chi connectivity index (χ1n) is 8.62. The number of anilines is 1. The number of methoxy groups -OCH3 is 3. The lowest BCUT2D eigenvalue weighted by Gasteiger charge is -2.15. The molecule has 6 nitrogen and oxygen atoms in total. The Morgan fingerprint density at radius 3 is 2.18 bits per heavy atom. The van der Waals surface area contributed by atoms with Gasteiger partial charge in [-0.15, -0.1) is 0 Å². The van der Waals surface area contributed by atoms with E-state index in [2.05, 4.69) is 5.32 Å². The Bertz CT molecular complexity index is 842. The van der Waals surface area contributed by atoms with Crippen LogP contribution in [0.1, 0.15) is 19.4 Å². The molecule has 0 radical (unpaired) electrons. The third kappa shape index (κ3) is 5.82. The topological polar surface area (TPSA) is 66.0 Å². The molecule has 0 atom stereocenters. The summed E-state index contributed by atoms with van der Waals surface area (Å²) >= 11 is 6.30. The zero-order valence-corrected chi connectivity index (χ0v) is 17.3. The van der Waals surface area contributed by atoms with Crippen LogP contribution in [0.2, 0.25) is 5.02 Å². The molecule has 28 heavy (non-hydrogen) atoms. The molecule has 150 valence electrons. The van der Waals surface area contributed by atoms with Crippen LogP contribution < -0.4 is 24.3 Å². The van der Waals surface area contributed by atoms with E-state index in [1.807, 2.05) is 13.8 Å².